The fraction of sp³-hybridized carbons (Fsp3) is 0.250. The first-order valence-corrected chi connectivity index (χ1v) is 8.77. The predicted octanol–water partition coefficient (Wildman–Crippen LogP) is 4.18. The highest BCUT2D eigenvalue weighted by atomic mass is 35.5. The number of hydrogen-bond donors (Lipinski definition) is 0. The molecule has 0 saturated heterocycles. The lowest BCUT2D eigenvalue weighted by molar-refractivity contribution is -0.144. The average Bonchev–Trinajstić information content (AvgIpc) is 2.86. The molecule has 26 heavy (non-hydrogen) atoms. The molecular weight excluding hydrogens is 352 g/mol. The Kier molecular flexibility index (Phi) is 5.38. The van der Waals surface area contributed by atoms with E-state index in [1.165, 1.54) is 0 Å². The van der Waals surface area contributed by atoms with Crippen molar-refractivity contribution in [3.63, 3.8) is 0 Å². The van der Waals surface area contributed by atoms with Gasteiger partial charge in [-0.25, -0.2) is 4.79 Å². The second kappa shape index (κ2) is 7.70. The first-order valence-electron chi connectivity index (χ1n) is 8.39. The fourth-order valence-corrected chi connectivity index (χ4v) is 2.87. The smallest absolute Gasteiger partial charge is 0.317 e. The maximum Gasteiger partial charge on any atom is 0.335 e. The third kappa shape index (κ3) is 3.94. The van der Waals surface area contributed by atoms with Crippen molar-refractivity contribution in [3.8, 4) is 0 Å². The third-order valence-corrected chi connectivity index (χ3v) is 4.22. The maximum absolute atomic E-state index is 12.8. The molecule has 0 unspecified atom stereocenters. The van der Waals surface area contributed by atoms with Gasteiger partial charge in [0, 0.05) is 10.6 Å². The van der Waals surface area contributed by atoms with Crippen LogP contribution in [0.3, 0.4) is 0 Å². The number of anilines is 1. The SMILES string of the molecule is CC(C)CC(=O)O/N=C1\C(=O)N(Cc2ccc(Cl)cc2)c2ccccc21. The van der Waals surface area contributed by atoms with Crippen molar-refractivity contribution in [1.82, 2.24) is 0 Å². The van der Waals surface area contributed by atoms with Gasteiger partial charge in [-0.2, -0.15) is 0 Å². The summed E-state index contributed by atoms with van der Waals surface area (Å²) in [6.07, 6.45) is 0.251. The number of halogens is 1. The molecule has 1 heterocycles. The Balaban J connectivity index is 1.86. The van der Waals surface area contributed by atoms with Crippen molar-refractivity contribution in [1.29, 1.82) is 0 Å². The summed E-state index contributed by atoms with van der Waals surface area (Å²) < 4.78 is 0. The summed E-state index contributed by atoms with van der Waals surface area (Å²) >= 11 is 5.92. The summed E-state index contributed by atoms with van der Waals surface area (Å²) in [5.74, 6) is -0.580. The number of carbonyl (C=O) groups is 2. The molecule has 0 fully saturated rings. The quantitative estimate of drug-likeness (QED) is 0.586. The normalized spacial score (nSPS) is 14.8. The van der Waals surface area contributed by atoms with E-state index in [0.717, 1.165) is 11.3 Å². The fourth-order valence-electron chi connectivity index (χ4n) is 2.75. The lowest BCUT2D eigenvalue weighted by Gasteiger charge is -2.16. The van der Waals surface area contributed by atoms with Crippen molar-refractivity contribution >= 4 is 34.9 Å². The Morgan fingerprint density at radius 3 is 2.54 bits per heavy atom. The molecule has 5 nitrogen and oxygen atoms in total. The summed E-state index contributed by atoms with van der Waals surface area (Å²) in [6.45, 7) is 4.21. The van der Waals surface area contributed by atoms with Crippen LogP contribution in [0.2, 0.25) is 5.02 Å². The van der Waals surface area contributed by atoms with Gasteiger partial charge in [-0.3, -0.25) is 4.79 Å². The van der Waals surface area contributed by atoms with E-state index in [-0.39, 0.29) is 24.0 Å². The van der Waals surface area contributed by atoms with Crippen molar-refractivity contribution in [2.24, 2.45) is 11.1 Å². The minimum absolute atomic E-state index is 0.145. The van der Waals surface area contributed by atoms with Crippen LogP contribution >= 0.6 is 11.6 Å². The van der Waals surface area contributed by atoms with Gasteiger partial charge >= 0.3 is 5.97 Å². The van der Waals surface area contributed by atoms with Crippen molar-refractivity contribution in [2.45, 2.75) is 26.8 Å². The Hall–Kier alpha value is -2.66. The van der Waals surface area contributed by atoms with Crippen LogP contribution in [-0.2, 0) is 21.0 Å². The summed E-state index contributed by atoms with van der Waals surface area (Å²) in [6, 6.07) is 14.6. The molecule has 0 N–H and O–H groups in total. The predicted molar refractivity (Wildman–Crippen MR) is 101 cm³/mol. The standard InChI is InChI=1S/C20H19ClN2O3/c1-13(2)11-18(24)26-22-19-16-5-3-4-6-17(16)23(20(19)25)12-14-7-9-15(21)10-8-14/h3-10,13H,11-12H2,1-2H3/b22-19-. The molecule has 0 radical (unpaired) electrons. The molecule has 3 rings (SSSR count). The molecule has 0 spiro atoms. The second-order valence-corrected chi connectivity index (χ2v) is 6.97. The van der Waals surface area contributed by atoms with Gasteiger partial charge in [-0.05, 0) is 29.7 Å². The molecule has 6 heteroatoms. The molecule has 0 bridgehead atoms. The van der Waals surface area contributed by atoms with Crippen LogP contribution in [0.15, 0.2) is 53.7 Å². The summed E-state index contributed by atoms with van der Waals surface area (Å²) in [5, 5.41) is 4.50. The van der Waals surface area contributed by atoms with Crippen molar-refractivity contribution in [3.05, 3.63) is 64.7 Å². The highest BCUT2D eigenvalue weighted by Gasteiger charge is 2.34. The molecule has 1 aliphatic heterocycles. The van der Waals surface area contributed by atoms with Gasteiger partial charge in [0.1, 0.15) is 0 Å². The van der Waals surface area contributed by atoms with Crippen LogP contribution in [0.5, 0.6) is 0 Å². The number of benzene rings is 2. The number of amides is 1. The number of fused-ring (bicyclic) bond motifs is 1. The zero-order chi connectivity index (χ0) is 18.7. The third-order valence-electron chi connectivity index (χ3n) is 3.97. The first-order chi connectivity index (χ1) is 12.5. The monoisotopic (exact) mass is 370 g/mol. The lowest BCUT2D eigenvalue weighted by Crippen LogP contribution is -2.29. The van der Waals surface area contributed by atoms with Crippen LogP contribution in [0.4, 0.5) is 5.69 Å². The van der Waals surface area contributed by atoms with E-state index in [0.29, 0.717) is 17.1 Å². The number of nitrogens with zero attached hydrogens (tertiary/aromatic N) is 2. The molecular formula is C20H19ClN2O3. The zero-order valence-corrected chi connectivity index (χ0v) is 15.4. The van der Waals surface area contributed by atoms with E-state index in [1.807, 2.05) is 44.2 Å². The summed E-state index contributed by atoms with van der Waals surface area (Å²) in [5.41, 5.74) is 2.48. The minimum atomic E-state index is -0.450. The molecule has 2 aromatic carbocycles. The maximum atomic E-state index is 12.8. The van der Waals surface area contributed by atoms with E-state index in [4.69, 9.17) is 16.4 Å². The van der Waals surface area contributed by atoms with Crippen molar-refractivity contribution in [2.75, 3.05) is 4.90 Å². The number of carbonyl (C=O) groups excluding carboxylic acids is 2. The molecule has 134 valence electrons. The zero-order valence-electron chi connectivity index (χ0n) is 14.6. The minimum Gasteiger partial charge on any atom is -0.317 e. The van der Waals surface area contributed by atoms with E-state index in [2.05, 4.69) is 5.16 Å². The van der Waals surface area contributed by atoms with Gasteiger partial charge in [0.2, 0.25) is 0 Å². The average molecular weight is 371 g/mol. The Morgan fingerprint density at radius 2 is 1.85 bits per heavy atom. The molecule has 0 aliphatic carbocycles. The van der Waals surface area contributed by atoms with Crippen LogP contribution in [-0.4, -0.2) is 17.6 Å². The van der Waals surface area contributed by atoms with E-state index in [9.17, 15) is 9.59 Å². The molecule has 0 saturated carbocycles. The van der Waals surface area contributed by atoms with Gasteiger partial charge < -0.3 is 9.74 Å². The number of oxime groups is 1. The van der Waals surface area contributed by atoms with Gasteiger partial charge in [-0.1, -0.05) is 60.9 Å². The largest absolute Gasteiger partial charge is 0.335 e. The summed E-state index contributed by atoms with van der Waals surface area (Å²) in [7, 11) is 0. The molecule has 1 amide bonds. The van der Waals surface area contributed by atoms with E-state index in [1.54, 1.807) is 23.1 Å². The van der Waals surface area contributed by atoms with E-state index < -0.39 is 5.97 Å². The molecule has 0 aromatic heterocycles. The number of rotatable bonds is 5. The topological polar surface area (TPSA) is 59.0 Å². The molecule has 2 aromatic rings. The highest BCUT2D eigenvalue weighted by molar-refractivity contribution is 6.54. The summed E-state index contributed by atoms with van der Waals surface area (Å²) in [4.78, 5) is 31.2. The number of hydrogen-bond acceptors (Lipinski definition) is 4. The Labute approximate surface area is 157 Å². The Bertz CT molecular complexity index is 860. The van der Waals surface area contributed by atoms with E-state index >= 15 is 0 Å². The van der Waals surface area contributed by atoms with Gasteiger partial charge in [0.05, 0.1) is 18.7 Å². The van der Waals surface area contributed by atoms with Gasteiger partial charge in [0.25, 0.3) is 5.91 Å². The van der Waals surface area contributed by atoms with Gasteiger partial charge in [-0.15, -0.1) is 0 Å². The molecule has 1 aliphatic rings. The Morgan fingerprint density at radius 1 is 1.15 bits per heavy atom. The van der Waals surface area contributed by atoms with Crippen LogP contribution in [0, 0.1) is 5.92 Å². The van der Waals surface area contributed by atoms with Crippen LogP contribution < -0.4 is 4.90 Å². The van der Waals surface area contributed by atoms with Crippen LogP contribution in [0.1, 0.15) is 31.4 Å². The van der Waals surface area contributed by atoms with Crippen LogP contribution in [0.25, 0.3) is 0 Å². The second-order valence-electron chi connectivity index (χ2n) is 6.54. The van der Waals surface area contributed by atoms with Gasteiger partial charge in [0.15, 0.2) is 5.71 Å². The first kappa shape index (κ1) is 18.1. The molecule has 0 atom stereocenters. The lowest BCUT2D eigenvalue weighted by atomic mass is 10.1. The van der Waals surface area contributed by atoms with Crippen molar-refractivity contribution < 1.29 is 14.4 Å². The highest BCUT2D eigenvalue weighted by Crippen LogP contribution is 2.31. The number of para-hydroxylation sites is 1.